The quantitative estimate of drug-likeness (QED) is 0.134. The van der Waals surface area contributed by atoms with Crippen molar-refractivity contribution in [1.82, 2.24) is 0 Å². The number of phenols is 2. The average molecular weight is 967 g/mol. The predicted molar refractivity (Wildman–Crippen MR) is 267 cm³/mol. The predicted octanol–water partition coefficient (Wildman–Crippen LogP) is 16.5. The first kappa shape index (κ1) is 46.9. The molecule has 0 aliphatic rings. The second kappa shape index (κ2) is 20.0. The molecule has 2 N–H and O–H groups in total. The molecule has 0 radical (unpaired) electrons. The average Bonchev–Trinajstić information content (AvgIpc) is 3.27. The van der Waals surface area contributed by atoms with Gasteiger partial charge in [-0.25, -0.2) is 0 Å². The van der Waals surface area contributed by atoms with Crippen LogP contribution in [0.25, 0.3) is 66.1 Å². The summed E-state index contributed by atoms with van der Waals surface area (Å²) in [5, 5.41) is 28.8. The first-order valence-electron chi connectivity index (χ1n) is 21.8. The number of hydrogen-bond acceptors (Lipinski definition) is 4. The summed E-state index contributed by atoms with van der Waals surface area (Å²) < 4.78 is 13.0. The van der Waals surface area contributed by atoms with E-state index in [0.717, 1.165) is 88.3 Å². The summed E-state index contributed by atoms with van der Waals surface area (Å²) in [4.78, 5) is 0. The first-order chi connectivity index (χ1) is 30.6. The number of para-hydroxylation sites is 2. The summed E-state index contributed by atoms with van der Waals surface area (Å²) in [6, 6.07) is 49.7. The summed E-state index contributed by atoms with van der Waals surface area (Å²) in [5.74, 6) is 1.87. The Kier molecular flexibility index (Phi) is 14.7. The van der Waals surface area contributed by atoms with Crippen molar-refractivity contribution in [3.05, 3.63) is 168 Å². The summed E-state index contributed by atoms with van der Waals surface area (Å²) >= 11 is -0.826. The molecule has 326 valence electrons. The summed E-state index contributed by atoms with van der Waals surface area (Å²) in [5.41, 5.74) is 11.0. The van der Waals surface area contributed by atoms with E-state index >= 15 is 0 Å². The summed E-state index contributed by atoms with van der Waals surface area (Å²) in [6.07, 6.45) is 0.617. The van der Waals surface area contributed by atoms with Crippen molar-refractivity contribution in [2.75, 3.05) is 13.2 Å². The van der Waals surface area contributed by atoms with Gasteiger partial charge in [0.15, 0.2) is 0 Å². The fourth-order valence-corrected chi connectivity index (χ4v) is 8.46. The van der Waals surface area contributed by atoms with Crippen molar-refractivity contribution in [3.63, 3.8) is 0 Å². The molecule has 0 heterocycles. The van der Waals surface area contributed by atoms with E-state index in [1.165, 1.54) is 0 Å². The maximum absolute atomic E-state index is 12.2. The van der Waals surface area contributed by atoms with E-state index in [-0.39, 0.29) is 22.3 Å². The Labute approximate surface area is 397 Å². The van der Waals surface area contributed by atoms with Crippen LogP contribution in [0.2, 0.25) is 0 Å². The van der Waals surface area contributed by atoms with Crippen LogP contribution >= 0.6 is 17.0 Å². The van der Waals surface area contributed by atoms with Crippen molar-refractivity contribution < 1.29 is 40.5 Å². The number of benzene rings is 8. The van der Waals surface area contributed by atoms with Gasteiger partial charge in [0, 0.05) is 39.8 Å². The number of hydrogen-bond donors (Lipinski definition) is 2. The number of fused-ring (bicyclic) bond motifs is 2. The molecule has 64 heavy (non-hydrogen) atoms. The Morgan fingerprint density at radius 1 is 0.453 bits per heavy atom. The number of rotatable bonds is 10. The summed E-state index contributed by atoms with van der Waals surface area (Å²) in [7, 11) is 9.87. The van der Waals surface area contributed by atoms with Crippen LogP contribution < -0.4 is 9.47 Å². The molecular formula is C57H56Cl2O4Zr. The topological polar surface area (TPSA) is 58.9 Å². The third-order valence-electron chi connectivity index (χ3n) is 11.9. The molecule has 0 saturated carbocycles. The maximum atomic E-state index is 12.2. The standard InChI is InChI=1S/C57H56O4.2ClH.Zr/c1-36-26-28-38-18-9-11-20-42(38)52(36)48-34-40(56(3,4)5)32-46(54(48)58)44-22-13-15-24-50(44)60-30-17-31-61-51-25-16-14-23-45(51)47-33-41(57(6,7)8)35-49(55(47)59)53-37(2)27-29-39-19-10-12-21-43(39)53;;;/h9-16,18-29,32-35,58-59H,17,30-31H2,1-8H3;2*1H;/q;;;+2/p-2. The van der Waals surface area contributed by atoms with Crippen LogP contribution in [0, 0.1) is 13.8 Å². The van der Waals surface area contributed by atoms with E-state index in [2.05, 4.69) is 152 Å². The van der Waals surface area contributed by atoms with Crippen LogP contribution in [-0.4, -0.2) is 23.4 Å². The molecule has 8 aromatic rings. The Balaban J connectivity index is 0.00000199. The molecule has 4 nitrogen and oxygen atoms in total. The van der Waals surface area contributed by atoms with Gasteiger partial charge in [-0.15, -0.1) is 0 Å². The summed E-state index contributed by atoms with van der Waals surface area (Å²) in [6.45, 7) is 18.3. The number of aryl methyl sites for hydroxylation is 2. The monoisotopic (exact) mass is 964 g/mol. The molecule has 0 aromatic heterocycles. The van der Waals surface area contributed by atoms with Crippen LogP contribution in [-0.2, 0) is 31.7 Å². The minimum absolute atomic E-state index is 0.166. The number of ether oxygens (including phenoxy) is 2. The normalized spacial score (nSPS) is 11.6. The van der Waals surface area contributed by atoms with Crippen LogP contribution in [0.1, 0.15) is 70.2 Å². The van der Waals surface area contributed by atoms with Gasteiger partial charge in [0.2, 0.25) is 0 Å². The number of phenolic OH excluding ortho intramolecular Hbond substituents is 2. The van der Waals surface area contributed by atoms with Gasteiger partial charge in [-0.3, -0.25) is 0 Å². The molecule has 0 aliphatic carbocycles. The van der Waals surface area contributed by atoms with Crippen molar-refractivity contribution in [1.29, 1.82) is 0 Å². The second-order valence-electron chi connectivity index (χ2n) is 18.4. The zero-order valence-corrected chi connectivity index (χ0v) is 41.9. The van der Waals surface area contributed by atoms with E-state index in [9.17, 15) is 10.2 Å². The number of halogens is 2. The zero-order chi connectivity index (χ0) is 45.8. The molecule has 0 unspecified atom stereocenters. The Bertz CT molecular complexity index is 2750. The van der Waals surface area contributed by atoms with Crippen molar-refractivity contribution >= 4 is 38.6 Å². The van der Waals surface area contributed by atoms with Gasteiger partial charge in [-0.05, 0) is 116 Å². The van der Waals surface area contributed by atoms with Crippen LogP contribution in [0.15, 0.2) is 146 Å². The molecule has 8 rings (SSSR count). The van der Waals surface area contributed by atoms with E-state index < -0.39 is 20.8 Å². The van der Waals surface area contributed by atoms with Gasteiger partial charge in [-0.1, -0.05) is 151 Å². The molecular weight excluding hydrogens is 911 g/mol. The molecule has 0 fully saturated rings. The SMILES string of the molecule is Cc1ccc2ccccc2c1-c1cc(C(C)(C)C)cc(-c2ccccc2OCCCOc2ccccc2-c2cc(C(C)(C)C)cc(-c3c(C)ccc4ccccc34)c2O)c1O.[Cl][Zr][Cl]. The molecule has 0 saturated heterocycles. The molecule has 0 atom stereocenters. The molecule has 0 bridgehead atoms. The third kappa shape index (κ3) is 10.1. The van der Waals surface area contributed by atoms with Gasteiger partial charge < -0.3 is 19.7 Å². The molecule has 0 amide bonds. The Morgan fingerprint density at radius 3 is 1.19 bits per heavy atom. The first-order valence-corrected chi connectivity index (χ1v) is 28.1. The van der Waals surface area contributed by atoms with Gasteiger partial charge in [0.05, 0.1) is 13.2 Å². The van der Waals surface area contributed by atoms with E-state index in [0.29, 0.717) is 31.1 Å². The molecule has 0 spiro atoms. The third-order valence-corrected chi connectivity index (χ3v) is 11.9. The zero-order valence-electron chi connectivity index (χ0n) is 37.9. The second-order valence-corrected chi connectivity index (χ2v) is 22.1. The van der Waals surface area contributed by atoms with Gasteiger partial charge in [-0.2, -0.15) is 0 Å². The van der Waals surface area contributed by atoms with Crippen LogP contribution in [0.4, 0.5) is 0 Å². The molecule has 7 heteroatoms. The van der Waals surface area contributed by atoms with E-state index in [4.69, 9.17) is 26.5 Å². The van der Waals surface area contributed by atoms with E-state index in [1.807, 2.05) is 48.5 Å². The fraction of sp³-hybridized carbons (Fsp3) is 0.228. The van der Waals surface area contributed by atoms with Crippen molar-refractivity contribution in [2.45, 2.75) is 72.6 Å². The Hall–Kier alpha value is -5.06. The van der Waals surface area contributed by atoms with Gasteiger partial charge in [0.1, 0.15) is 23.0 Å². The van der Waals surface area contributed by atoms with E-state index in [1.54, 1.807) is 0 Å². The molecule has 8 aromatic carbocycles. The minimum atomic E-state index is -0.826. The van der Waals surface area contributed by atoms with Crippen LogP contribution in [0.3, 0.4) is 0 Å². The van der Waals surface area contributed by atoms with Crippen molar-refractivity contribution in [3.8, 4) is 67.5 Å². The number of aromatic hydroxyl groups is 2. The van der Waals surface area contributed by atoms with Gasteiger partial charge in [0.25, 0.3) is 0 Å². The Morgan fingerprint density at radius 2 is 0.797 bits per heavy atom. The van der Waals surface area contributed by atoms with Gasteiger partial charge >= 0.3 is 37.9 Å². The fourth-order valence-electron chi connectivity index (χ4n) is 8.46. The van der Waals surface area contributed by atoms with Crippen LogP contribution in [0.5, 0.6) is 23.0 Å². The van der Waals surface area contributed by atoms with Crippen molar-refractivity contribution in [2.24, 2.45) is 0 Å². The molecule has 0 aliphatic heterocycles.